The van der Waals surface area contributed by atoms with Crippen molar-refractivity contribution in [2.75, 3.05) is 20.2 Å². The molecule has 1 fully saturated rings. The van der Waals surface area contributed by atoms with Crippen LogP contribution in [-0.4, -0.2) is 43.3 Å². The summed E-state index contributed by atoms with van der Waals surface area (Å²) in [4.78, 5) is 14.0. The summed E-state index contributed by atoms with van der Waals surface area (Å²) in [7, 11) is 1.74. The van der Waals surface area contributed by atoms with Gasteiger partial charge >= 0.3 is 6.03 Å². The summed E-state index contributed by atoms with van der Waals surface area (Å²) in [6.07, 6.45) is 0.675. The fourth-order valence-electron chi connectivity index (χ4n) is 3.24. The molecule has 3 atom stereocenters. The Morgan fingerprint density at radius 1 is 1.19 bits per heavy atom. The van der Waals surface area contributed by atoms with E-state index >= 15 is 0 Å². The lowest BCUT2D eigenvalue weighted by Gasteiger charge is -2.29. The van der Waals surface area contributed by atoms with Gasteiger partial charge in [-0.25, -0.2) is 9.18 Å². The van der Waals surface area contributed by atoms with Crippen molar-refractivity contribution < 1.29 is 18.7 Å². The molecule has 2 aromatic rings. The maximum Gasteiger partial charge on any atom is 0.317 e. The molecule has 0 aromatic heterocycles. The number of rotatable bonds is 4. The monoisotopic (exact) mass is 356 g/mol. The van der Waals surface area contributed by atoms with Crippen LogP contribution in [0.5, 0.6) is 11.5 Å². The first-order valence-electron chi connectivity index (χ1n) is 8.76. The Hall–Kier alpha value is -2.76. The van der Waals surface area contributed by atoms with Crippen LogP contribution in [0, 0.1) is 5.82 Å². The van der Waals surface area contributed by atoms with Gasteiger partial charge in [0.05, 0.1) is 6.54 Å². The third kappa shape index (κ3) is 3.59. The minimum Gasteiger partial charge on any atom is -0.486 e. The molecule has 0 bridgehead atoms. The minimum absolute atomic E-state index is 0.0969. The van der Waals surface area contributed by atoms with Gasteiger partial charge in [0.1, 0.15) is 12.4 Å². The Balaban J connectivity index is 1.27. The number of hydrogen-bond acceptors (Lipinski definition) is 3. The zero-order chi connectivity index (χ0) is 18.1. The Labute approximate surface area is 151 Å². The van der Waals surface area contributed by atoms with Crippen LogP contribution in [0.4, 0.5) is 9.18 Å². The van der Waals surface area contributed by atoms with Crippen LogP contribution in [-0.2, 0) is 0 Å². The Kier molecular flexibility index (Phi) is 4.41. The van der Waals surface area contributed by atoms with Gasteiger partial charge < -0.3 is 19.7 Å². The van der Waals surface area contributed by atoms with Gasteiger partial charge in [-0.1, -0.05) is 24.3 Å². The normalized spacial score (nSPS) is 23.2. The molecule has 1 heterocycles. The molecule has 3 unspecified atom stereocenters. The van der Waals surface area contributed by atoms with Gasteiger partial charge in [0, 0.05) is 19.0 Å². The van der Waals surface area contributed by atoms with E-state index < -0.39 is 0 Å². The second-order valence-corrected chi connectivity index (χ2v) is 6.83. The van der Waals surface area contributed by atoms with Crippen LogP contribution in [0.15, 0.2) is 48.5 Å². The smallest absolute Gasteiger partial charge is 0.317 e. The Bertz CT molecular complexity index is 796. The second-order valence-electron chi connectivity index (χ2n) is 6.83. The standard InChI is InChI=1S/C20H21FN2O3/c1-23(11-15-12-25-18-4-2-3-5-19(18)26-15)20(24)22-17-10-16(17)13-6-8-14(21)9-7-13/h2-9,15-17H,10-12H2,1H3,(H,22,24). The van der Waals surface area contributed by atoms with Crippen molar-refractivity contribution in [3.8, 4) is 11.5 Å². The van der Waals surface area contributed by atoms with E-state index in [1.165, 1.54) is 12.1 Å². The molecule has 4 rings (SSSR count). The van der Waals surface area contributed by atoms with E-state index in [9.17, 15) is 9.18 Å². The maximum atomic E-state index is 13.0. The van der Waals surface area contributed by atoms with E-state index in [-0.39, 0.29) is 29.9 Å². The number of para-hydroxylation sites is 2. The number of nitrogens with zero attached hydrogens (tertiary/aromatic N) is 1. The summed E-state index contributed by atoms with van der Waals surface area (Å²) >= 11 is 0. The van der Waals surface area contributed by atoms with Crippen molar-refractivity contribution in [3.63, 3.8) is 0 Å². The molecule has 0 saturated heterocycles. The lowest BCUT2D eigenvalue weighted by Crippen LogP contribution is -2.46. The van der Waals surface area contributed by atoms with E-state index in [2.05, 4.69) is 5.32 Å². The van der Waals surface area contributed by atoms with Gasteiger partial charge in [0.15, 0.2) is 17.6 Å². The number of fused-ring (bicyclic) bond motifs is 1. The number of nitrogens with one attached hydrogen (secondary N) is 1. The largest absolute Gasteiger partial charge is 0.486 e. The molecule has 26 heavy (non-hydrogen) atoms. The number of likely N-dealkylation sites (N-methyl/N-ethyl adjacent to an activating group) is 1. The zero-order valence-electron chi connectivity index (χ0n) is 14.5. The zero-order valence-corrected chi connectivity index (χ0v) is 14.5. The van der Waals surface area contributed by atoms with Crippen LogP contribution in [0.25, 0.3) is 0 Å². The molecule has 1 saturated carbocycles. The summed E-state index contributed by atoms with van der Waals surface area (Å²) in [5, 5.41) is 3.02. The van der Waals surface area contributed by atoms with E-state index in [1.54, 1.807) is 24.1 Å². The summed E-state index contributed by atoms with van der Waals surface area (Å²) < 4.78 is 24.6. The molecule has 2 aromatic carbocycles. The van der Waals surface area contributed by atoms with E-state index in [0.717, 1.165) is 17.7 Å². The van der Waals surface area contributed by atoms with Crippen molar-refractivity contribution in [3.05, 3.63) is 59.9 Å². The Morgan fingerprint density at radius 2 is 1.92 bits per heavy atom. The highest BCUT2D eigenvalue weighted by Crippen LogP contribution is 2.40. The summed E-state index contributed by atoms with van der Waals surface area (Å²) in [5.74, 6) is 1.45. The second kappa shape index (κ2) is 6.86. The molecular formula is C20H21FN2O3. The predicted molar refractivity (Wildman–Crippen MR) is 95.1 cm³/mol. The van der Waals surface area contributed by atoms with E-state index in [1.807, 2.05) is 24.3 Å². The highest BCUT2D eigenvalue weighted by atomic mass is 19.1. The Morgan fingerprint density at radius 3 is 2.69 bits per heavy atom. The molecule has 1 N–H and O–H groups in total. The molecular weight excluding hydrogens is 335 g/mol. The average molecular weight is 356 g/mol. The van der Waals surface area contributed by atoms with E-state index in [4.69, 9.17) is 9.47 Å². The van der Waals surface area contributed by atoms with Crippen molar-refractivity contribution in [2.24, 2.45) is 0 Å². The predicted octanol–water partition coefficient (Wildman–Crippen LogP) is 3.16. The highest BCUT2D eigenvalue weighted by Gasteiger charge is 2.40. The first-order chi connectivity index (χ1) is 12.6. The SMILES string of the molecule is CN(CC1COc2ccccc2O1)C(=O)NC1CC1c1ccc(F)cc1. The first kappa shape index (κ1) is 16.7. The number of carbonyl (C=O) groups is 1. The van der Waals surface area contributed by atoms with Crippen LogP contribution in [0.1, 0.15) is 17.9 Å². The third-order valence-corrected chi connectivity index (χ3v) is 4.79. The van der Waals surface area contributed by atoms with Gasteiger partial charge in [-0.05, 0) is 36.2 Å². The molecule has 136 valence electrons. The third-order valence-electron chi connectivity index (χ3n) is 4.79. The molecule has 1 aliphatic carbocycles. The highest BCUT2D eigenvalue weighted by molar-refractivity contribution is 5.75. The number of ether oxygens (including phenoxy) is 2. The topological polar surface area (TPSA) is 50.8 Å². The van der Waals surface area contributed by atoms with Crippen molar-refractivity contribution in [1.29, 1.82) is 0 Å². The van der Waals surface area contributed by atoms with Crippen LogP contribution in [0.3, 0.4) is 0 Å². The maximum absolute atomic E-state index is 13.0. The molecule has 2 amide bonds. The molecule has 1 aliphatic heterocycles. The molecule has 6 heteroatoms. The fourth-order valence-corrected chi connectivity index (χ4v) is 3.24. The first-order valence-corrected chi connectivity index (χ1v) is 8.76. The molecule has 0 spiro atoms. The summed E-state index contributed by atoms with van der Waals surface area (Å²) in [6.45, 7) is 0.852. The number of benzene rings is 2. The number of carbonyl (C=O) groups excluding carboxylic acids is 1. The lowest BCUT2D eigenvalue weighted by atomic mass is 10.1. The number of urea groups is 1. The number of amides is 2. The van der Waals surface area contributed by atoms with Gasteiger partial charge in [-0.2, -0.15) is 0 Å². The van der Waals surface area contributed by atoms with Crippen LogP contribution >= 0.6 is 0 Å². The van der Waals surface area contributed by atoms with Crippen LogP contribution < -0.4 is 14.8 Å². The number of hydrogen-bond donors (Lipinski definition) is 1. The van der Waals surface area contributed by atoms with Crippen LogP contribution in [0.2, 0.25) is 0 Å². The number of halogens is 1. The van der Waals surface area contributed by atoms with Crippen molar-refractivity contribution >= 4 is 6.03 Å². The average Bonchev–Trinajstić information content (AvgIpc) is 3.41. The quantitative estimate of drug-likeness (QED) is 0.916. The van der Waals surface area contributed by atoms with Crippen molar-refractivity contribution in [1.82, 2.24) is 10.2 Å². The lowest BCUT2D eigenvalue weighted by molar-refractivity contribution is 0.0715. The fraction of sp³-hybridized carbons (Fsp3) is 0.350. The van der Waals surface area contributed by atoms with E-state index in [0.29, 0.717) is 18.9 Å². The van der Waals surface area contributed by atoms with Crippen molar-refractivity contribution in [2.45, 2.75) is 24.5 Å². The summed E-state index contributed by atoms with van der Waals surface area (Å²) in [5.41, 5.74) is 1.06. The van der Waals surface area contributed by atoms with Gasteiger partial charge in [0.25, 0.3) is 0 Å². The van der Waals surface area contributed by atoms with Gasteiger partial charge in [-0.15, -0.1) is 0 Å². The van der Waals surface area contributed by atoms with Gasteiger partial charge in [-0.3, -0.25) is 0 Å². The minimum atomic E-state index is -0.244. The summed E-state index contributed by atoms with van der Waals surface area (Å²) in [6, 6.07) is 13.9. The van der Waals surface area contributed by atoms with Gasteiger partial charge in [0.2, 0.25) is 0 Å². The molecule has 0 radical (unpaired) electrons. The molecule has 2 aliphatic rings. The molecule has 5 nitrogen and oxygen atoms in total.